The van der Waals surface area contributed by atoms with Crippen molar-refractivity contribution in [3.8, 4) is 0 Å². The van der Waals surface area contributed by atoms with Gasteiger partial charge in [-0.15, -0.1) is 0 Å². The average molecular weight is 284 g/mol. The molecule has 0 aliphatic heterocycles. The van der Waals surface area contributed by atoms with E-state index >= 15 is 0 Å². The Morgan fingerprint density at radius 1 is 1.14 bits per heavy atom. The molecule has 3 amide bonds. The first-order chi connectivity index (χ1) is 10.2. The number of nitrogens with one attached hydrogen (secondary N) is 3. The van der Waals surface area contributed by atoms with Crippen LogP contribution in [0.5, 0.6) is 0 Å². The maximum absolute atomic E-state index is 12.2. The van der Waals surface area contributed by atoms with Crippen molar-refractivity contribution in [3.05, 3.63) is 59.9 Å². The molecular weight excluding hydrogens is 268 g/mol. The van der Waals surface area contributed by atoms with E-state index in [2.05, 4.69) is 20.9 Å². The highest BCUT2D eigenvalue weighted by atomic mass is 16.2. The van der Waals surface area contributed by atoms with Crippen molar-refractivity contribution in [3.63, 3.8) is 0 Å². The molecule has 2 aromatic rings. The zero-order chi connectivity index (χ0) is 15.1. The molecule has 0 aliphatic carbocycles. The van der Waals surface area contributed by atoms with Crippen LogP contribution in [0.2, 0.25) is 0 Å². The van der Waals surface area contributed by atoms with Gasteiger partial charge in [-0.05, 0) is 23.8 Å². The number of pyridine rings is 1. The smallest absolute Gasteiger partial charge is 0.318 e. The van der Waals surface area contributed by atoms with Crippen molar-refractivity contribution in [2.75, 3.05) is 12.4 Å². The molecule has 3 N–H and O–H groups in total. The molecule has 0 bridgehead atoms. The number of amides is 3. The summed E-state index contributed by atoms with van der Waals surface area (Å²) >= 11 is 0. The van der Waals surface area contributed by atoms with Gasteiger partial charge in [0.2, 0.25) is 0 Å². The van der Waals surface area contributed by atoms with Crippen LogP contribution in [0.4, 0.5) is 10.5 Å². The van der Waals surface area contributed by atoms with Crippen LogP contribution in [-0.4, -0.2) is 24.0 Å². The predicted octanol–water partition coefficient (Wildman–Crippen LogP) is 1.76. The van der Waals surface area contributed by atoms with Crippen LogP contribution in [0.3, 0.4) is 0 Å². The van der Waals surface area contributed by atoms with E-state index in [1.165, 1.54) is 7.05 Å². The monoisotopic (exact) mass is 284 g/mol. The Bertz CT molecular complexity index is 629. The zero-order valence-electron chi connectivity index (χ0n) is 11.6. The van der Waals surface area contributed by atoms with Gasteiger partial charge in [-0.3, -0.25) is 9.78 Å². The van der Waals surface area contributed by atoms with Gasteiger partial charge in [-0.25, -0.2) is 4.79 Å². The van der Waals surface area contributed by atoms with E-state index in [1.54, 1.807) is 36.7 Å². The Hall–Kier alpha value is -2.89. The highest BCUT2D eigenvalue weighted by Gasteiger charge is 2.12. The number of nitrogens with zero attached hydrogens (tertiary/aromatic N) is 1. The average Bonchev–Trinajstić information content (AvgIpc) is 2.54. The van der Waals surface area contributed by atoms with Crippen LogP contribution < -0.4 is 16.0 Å². The van der Waals surface area contributed by atoms with Gasteiger partial charge in [0, 0.05) is 26.0 Å². The molecule has 0 radical (unpaired) electrons. The van der Waals surface area contributed by atoms with Gasteiger partial charge in [0.1, 0.15) is 0 Å². The Balaban J connectivity index is 2.07. The molecule has 1 aromatic heterocycles. The van der Waals surface area contributed by atoms with Crippen LogP contribution in [0.1, 0.15) is 15.9 Å². The van der Waals surface area contributed by atoms with Crippen molar-refractivity contribution in [1.29, 1.82) is 0 Å². The van der Waals surface area contributed by atoms with Gasteiger partial charge in [-0.1, -0.05) is 18.2 Å². The number of carbonyl (C=O) groups excluding carboxylic acids is 2. The second-order valence-electron chi connectivity index (χ2n) is 4.29. The van der Waals surface area contributed by atoms with Crippen molar-refractivity contribution in [2.24, 2.45) is 0 Å². The molecule has 0 unspecified atom stereocenters. The number of rotatable bonds is 4. The van der Waals surface area contributed by atoms with Crippen LogP contribution in [0.15, 0.2) is 48.8 Å². The molecule has 1 aromatic carbocycles. The number of benzene rings is 1. The summed E-state index contributed by atoms with van der Waals surface area (Å²) in [6, 6.07) is 10.1. The molecule has 0 saturated heterocycles. The quantitative estimate of drug-likeness (QED) is 0.800. The number of hydrogen-bond donors (Lipinski definition) is 3. The molecule has 1 heterocycles. The summed E-state index contributed by atoms with van der Waals surface area (Å²) in [5.41, 5.74) is 1.77. The maximum atomic E-state index is 12.2. The number of aromatic nitrogens is 1. The van der Waals surface area contributed by atoms with Gasteiger partial charge in [0.15, 0.2) is 0 Å². The summed E-state index contributed by atoms with van der Waals surface area (Å²) in [6.45, 7) is 0.376. The third kappa shape index (κ3) is 4.04. The van der Waals surface area contributed by atoms with Gasteiger partial charge in [-0.2, -0.15) is 0 Å². The molecular formula is C15H16N4O2. The molecule has 0 aliphatic rings. The second-order valence-corrected chi connectivity index (χ2v) is 4.29. The van der Waals surface area contributed by atoms with Crippen LogP contribution in [0.25, 0.3) is 0 Å². The van der Waals surface area contributed by atoms with Crippen molar-refractivity contribution in [2.45, 2.75) is 6.54 Å². The van der Waals surface area contributed by atoms with Crippen LogP contribution in [-0.2, 0) is 6.54 Å². The van der Waals surface area contributed by atoms with Crippen LogP contribution in [0, 0.1) is 0 Å². The summed E-state index contributed by atoms with van der Waals surface area (Å²) in [5.74, 6) is -0.258. The van der Waals surface area contributed by atoms with Crippen molar-refractivity contribution in [1.82, 2.24) is 15.6 Å². The minimum atomic E-state index is -0.373. The molecule has 2 rings (SSSR count). The van der Waals surface area contributed by atoms with Gasteiger partial charge in [0.25, 0.3) is 5.91 Å². The fourth-order valence-corrected chi connectivity index (χ4v) is 1.76. The Kier molecular flexibility index (Phi) is 4.87. The lowest BCUT2D eigenvalue weighted by atomic mass is 10.1. The zero-order valence-corrected chi connectivity index (χ0v) is 11.6. The molecule has 6 heteroatoms. The van der Waals surface area contributed by atoms with Gasteiger partial charge in [0.05, 0.1) is 11.3 Å². The lowest BCUT2D eigenvalue weighted by molar-refractivity contribution is 0.0952. The van der Waals surface area contributed by atoms with Crippen molar-refractivity contribution < 1.29 is 9.59 Å². The first-order valence-corrected chi connectivity index (χ1v) is 6.45. The first-order valence-electron chi connectivity index (χ1n) is 6.45. The largest absolute Gasteiger partial charge is 0.348 e. The molecule has 0 spiro atoms. The SMILES string of the molecule is CNC(=O)Nc1ccccc1C(=O)NCc1cccnc1. The minimum Gasteiger partial charge on any atom is -0.348 e. The topological polar surface area (TPSA) is 83.1 Å². The molecule has 6 nitrogen and oxygen atoms in total. The summed E-state index contributed by atoms with van der Waals surface area (Å²) in [5, 5.41) is 7.86. The molecule has 0 atom stereocenters. The summed E-state index contributed by atoms with van der Waals surface area (Å²) in [7, 11) is 1.51. The number of carbonyl (C=O) groups is 2. The van der Waals surface area contributed by atoms with E-state index in [9.17, 15) is 9.59 Å². The van der Waals surface area contributed by atoms with E-state index in [4.69, 9.17) is 0 Å². The van der Waals surface area contributed by atoms with E-state index in [-0.39, 0.29) is 11.9 Å². The van der Waals surface area contributed by atoms with E-state index in [1.807, 2.05) is 12.1 Å². The molecule has 108 valence electrons. The summed E-state index contributed by atoms with van der Waals surface area (Å²) in [6.07, 6.45) is 3.36. The normalized spacial score (nSPS) is 9.76. The number of urea groups is 1. The third-order valence-electron chi connectivity index (χ3n) is 2.82. The Morgan fingerprint density at radius 3 is 2.67 bits per heavy atom. The Morgan fingerprint density at radius 2 is 1.95 bits per heavy atom. The first kappa shape index (κ1) is 14.5. The summed E-state index contributed by atoms with van der Waals surface area (Å²) < 4.78 is 0. The summed E-state index contributed by atoms with van der Waals surface area (Å²) in [4.78, 5) is 27.6. The Labute approximate surface area is 122 Å². The second kappa shape index (κ2) is 7.04. The van der Waals surface area contributed by atoms with Crippen molar-refractivity contribution >= 4 is 17.6 Å². The third-order valence-corrected chi connectivity index (χ3v) is 2.82. The van der Waals surface area contributed by atoms with Crippen LogP contribution >= 0.6 is 0 Å². The molecule has 0 fully saturated rings. The van der Waals surface area contributed by atoms with Gasteiger partial charge >= 0.3 is 6.03 Å². The van der Waals surface area contributed by atoms with E-state index < -0.39 is 0 Å². The van der Waals surface area contributed by atoms with Gasteiger partial charge < -0.3 is 16.0 Å². The predicted molar refractivity (Wildman–Crippen MR) is 79.9 cm³/mol. The minimum absolute atomic E-state index is 0.258. The number of para-hydroxylation sites is 1. The number of anilines is 1. The lowest BCUT2D eigenvalue weighted by Crippen LogP contribution is -2.28. The molecule has 21 heavy (non-hydrogen) atoms. The highest BCUT2D eigenvalue weighted by Crippen LogP contribution is 2.14. The maximum Gasteiger partial charge on any atom is 0.318 e. The standard InChI is InChI=1S/C15H16N4O2/c1-16-15(21)19-13-7-3-2-6-12(13)14(20)18-10-11-5-4-8-17-9-11/h2-9H,10H2,1H3,(H,18,20)(H2,16,19,21). The fourth-order valence-electron chi connectivity index (χ4n) is 1.76. The van der Waals surface area contributed by atoms with E-state index in [0.717, 1.165) is 5.56 Å². The highest BCUT2D eigenvalue weighted by molar-refractivity contribution is 6.03. The fraction of sp³-hybridized carbons (Fsp3) is 0.133. The number of hydrogen-bond acceptors (Lipinski definition) is 3. The lowest BCUT2D eigenvalue weighted by Gasteiger charge is -2.11. The van der Waals surface area contributed by atoms with E-state index in [0.29, 0.717) is 17.8 Å². The molecule has 0 saturated carbocycles.